The number of alkyl halides is 1. The van der Waals surface area contributed by atoms with Crippen LogP contribution in [0.2, 0.25) is 0 Å². The van der Waals surface area contributed by atoms with E-state index in [1.54, 1.807) is 6.92 Å². The summed E-state index contributed by atoms with van der Waals surface area (Å²) >= 11 is 0. The minimum absolute atomic E-state index is 0.0488. The van der Waals surface area contributed by atoms with E-state index in [9.17, 15) is 4.39 Å². The molecule has 2 aliphatic rings. The SMILES string of the molecule is C[C@H](F)CCN1CCOC[C@@]12CCOC2. The molecule has 0 bridgehead atoms. The van der Waals surface area contributed by atoms with Crippen molar-refractivity contribution < 1.29 is 13.9 Å². The highest BCUT2D eigenvalue weighted by atomic mass is 19.1. The van der Waals surface area contributed by atoms with Crippen molar-refractivity contribution in [3.8, 4) is 0 Å². The fourth-order valence-electron chi connectivity index (χ4n) is 2.41. The zero-order valence-corrected chi connectivity index (χ0v) is 9.38. The Kier molecular flexibility index (Phi) is 3.59. The third kappa shape index (κ3) is 2.49. The number of hydrogen-bond acceptors (Lipinski definition) is 3. The first-order valence-electron chi connectivity index (χ1n) is 5.78. The zero-order valence-electron chi connectivity index (χ0n) is 9.38. The van der Waals surface area contributed by atoms with E-state index >= 15 is 0 Å². The summed E-state index contributed by atoms with van der Waals surface area (Å²) in [4.78, 5) is 2.36. The van der Waals surface area contributed by atoms with Crippen molar-refractivity contribution in [3.63, 3.8) is 0 Å². The van der Waals surface area contributed by atoms with Gasteiger partial charge >= 0.3 is 0 Å². The van der Waals surface area contributed by atoms with Gasteiger partial charge in [-0.15, -0.1) is 0 Å². The molecule has 2 aliphatic heterocycles. The maximum Gasteiger partial charge on any atom is 0.0985 e. The molecule has 3 nitrogen and oxygen atoms in total. The number of morpholine rings is 1. The molecule has 0 saturated carbocycles. The second-order valence-electron chi connectivity index (χ2n) is 4.64. The number of halogens is 1. The highest BCUT2D eigenvalue weighted by Crippen LogP contribution is 2.29. The van der Waals surface area contributed by atoms with Gasteiger partial charge in [-0.05, 0) is 19.8 Å². The lowest BCUT2D eigenvalue weighted by Gasteiger charge is -2.43. The van der Waals surface area contributed by atoms with Crippen LogP contribution in [0.3, 0.4) is 0 Å². The summed E-state index contributed by atoms with van der Waals surface area (Å²) in [6, 6.07) is 0. The quantitative estimate of drug-likeness (QED) is 0.709. The first kappa shape index (κ1) is 11.3. The van der Waals surface area contributed by atoms with Gasteiger partial charge in [0.15, 0.2) is 0 Å². The highest BCUT2D eigenvalue weighted by molar-refractivity contribution is 4.96. The fraction of sp³-hybridized carbons (Fsp3) is 1.00. The van der Waals surface area contributed by atoms with Crippen LogP contribution in [-0.2, 0) is 9.47 Å². The van der Waals surface area contributed by atoms with Crippen LogP contribution in [0.4, 0.5) is 4.39 Å². The minimum atomic E-state index is -0.716. The first-order chi connectivity index (χ1) is 7.23. The summed E-state index contributed by atoms with van der Waals surface area (Å²) in [7, 11) is 0. The van der Waals surface area contributed by atoms with E-state index in [0.717, 1.165) is 45.9 Å². The second-order valence-corrected chi connectivity index (χ2v) is 4.64. The highest BCUT2D eigenvalue weighted by Gasteiger charge is 2.42. The number of nitrogens with zero attached hydrogens (tertiary/aromatic N) is 1. The van der Waals surface area contributed by atoms with Crippen LogP contribution in [0.25, 0.3) is 0 Å². The van der Waals surface area contributed by atoms with E-state index in [1.165, 1.54) is 0 Å². The van der Waals surface area contributed by atoms with Gasteiger partial charge in [0.25, 0.3) is 0 Å². The molecule has 0 unspecified atom stereocenters. The Balaban J connectivity index is 1.93. The van der Waals surface area contributed by atoms with Crippen molar-refractivity contribution in [1.82, 2.24) is 4.90 Å². The fourth-order valence-corrected chi connectivity index (χ4v) is 2.41. The van der Waals surface area contributed by atoms with Gasteiger partial charge in [-0.1, -0.05) is 0 Å². The molecule has 0 N–H and O–H groups in total. The van der Waals surface area contributed by atoms with E-state index in [-0.39, 0.29) is 5.54 Å². The Bertz CT molecular complexity index is 205. The predicted molar refractivity (Wildman–Crippen MR) is 55.7 cm³/mol. The van der Waals surface area contributed by atoms with Gasteiger partial charge in [0.05, 0.1) is 31.5 Å². The Morgan fingerprint density at radius 1 is 1.33 bits per heavy atom. The van der Waals surface area contributed by atoms with Gasteiger partial charge < -0.3 is 9.47 Å². The molecule has 1 spiro atoms. The van der Waals surface area contributed by atoms with Gasteiger partial charge in [0.1, 0.15) is 0 Å². The number of ether oxygens (including phenoxy) is 2. The molecule has 0 amide bonds. The van der Waals surface area contributed by atoms with Crippen molar-refractivity contribution in [2.45, 2.75) is 31.5 Å². The summed E-state index contributed by atoms with van der Waals surface area (Å²) in [6.07, 6.45) is 0.919. The molecule has 0 radical (unpaired) electrons. The van der Waals surface area contributed by atoms with Crippen molar-refractivity contribution >= 4 is 0 Å². The molecule has 2 heterocycles. The normalized spacial score (nSPS) is 34.8. The lowest BCUT2D eigenvalue weighted by molar-refractivity contribution is -0.0725. The van der Waals surface area contributed by atoms with E-state index < -0.39 is 6.17 Å². The largest absolute Gasteiger partial charge is 0.379 e. The topological polar surface area (TPSA) is 21.7 Å². The summed E-state index contributed by atoms with van der Waals surface area (Å²) in [5.74, 6) is 0. The smallest absolute Gasteiger partial charge is 0.0985 e. The second kappa shape index (κ2) is 4.76. The summed E-state index contributed by atoms with van der Waals surface area (Å²) in [5.41, 5.74) is 0.0488. The minimum Gasteiger partial charge on any atom is -0.379 e. The third-order valence-corrected chi connectivity index (χ3v) is 3.43. The number of hydrogen-bond donors (Lipinski definition) is 0. The van der Waals surface area contributed by atoms with Gasteiger partial charge in [-0.3, -0.25) is 4.90 Å². The van der Waals surface area contributed by atoms with Crippen LogP contribution in [0.15, 0.2) is 0 Å². The van der Waals surface area contributed by atoms with Crippen LogP contribution in [0.5, 0.6) is 0 Å². The molecular formula is C11H20FNO2. The van der Waals surface area contributed by atoms with Crippen molar-refractivity contribution in [2.75, 3.05) is 39.5 Å². The molecule has 2 fully saturated rings. The third-order valence-electron chi connectivity index (χ3n) is 3.43. The molecule has 0 aromatic heterocycles. The van der Waals surface area contributed by atoms with Crippen molar-refractivity contribution in [3.05, 3.63) is 0 Å². The Labute approximate surface area is 90.5 Å². The molecule has 88 valence electrons. The van der Waals surface area contributed by atoms with Crippen molar-refractivity contribution in [2.24, 2.45) is 0 Å². The van der Waals surface area contributed by atoms with E-state index in [1.807, 2.05) is 0 Å². The first-order valence-corrected chi connectivity index (χ1v) is 5.78. The molecule has 2 saturated heterocycles. The Morgan fingerprint density at radius 3 is 2.73 bits per heavy atom. The average Bonchev–Trinajstić information content (AvgIpc) is 2.66. The lowest BCUT2D eigenvalue weighted by atomic mass is 9.95. The Morgan fingerprint density at radius 2 is 2.07 bits per heavy atom. The maximum absolute atomic E-state index is 12.8. The maximum atomic E-state index is 12.8. The molecule has 0 aliphatic carbocycles. The van der Waals surface area contributed by atoms with E-state index in [2.05, 4.69) is 4.90 Å². The zero-order chi connectivity index (χ0) is 10.7. The predicted octanol–water partition coefficient (Wildman–Crippen LogP) is 1.23. The summed E-state index contributed by atoms with van der Waals surface area (Å²) in [5, 5.41) is 0. The molecule has 2 atom stereocenters. The standard InChI is InChI=1S/C11H20FNO2/c1-10(12)2-4-13-5-7-15-9-11(13)3-6-14-8-11/h10H,2-9H2,1H3/t10-,11-/m0/s1. The average molecular weight is 217 g/mol. The van der Waals surface area contributed by atoms with Crippen molar-refractivity contribution in [1.29, 1.82) is 0 Å². The summed E-state index contributed by atoms with van der Waals surface area (Å²) in [6.45, 7) is 6.42. The summed E-state index contributed by atoms with van der Waals surface area (Å²) < 4.78 is 23.8. The lowest BCUT2D eigenvalue weighted by Crippen LogP contribution is -2.57. The Hall–Kier alpha value is -0.190. The van der Waals surface area contributed by atoms with Gasteiger partial charge in [0, 0.05) is 19.7 Å². The van der Waals surface area contributed by atoms with E-state index in [0.29, 0.717) is 6.42 Å². The molecule has 2 rings (SSSR count). The number of rotatable bonds is 3. The van der Waals surface area contributed by atoms with Crippen LogP contribution >= 0.6 is 0 Å². The van der Waals surface area contributed by atoms with Crippen LogP contribution < -0.4 is 0 Å². The van der Waals surface area contributed by atoms with Crippen LogP contribution in [-0.4, -0.2) is 56.1 Å². The van der Waals surface area contributed by atoms with Gasteiger partial charge in [-0.2, -0.15) is 0 Å². The van der Waals surface area contributed by atoms with Gasteiger partial charge in [0.2, 0.25) is 0 Å². The van der Waals surface area contributed by atoms with Crippen LogP contribution in [0.1, 0.15) is 19.8 Å². The van der Waals surface area contributed by atoms with Crippen LogP contribution in [0, 0.1) is 0 Å². The molecule has 15 heavy (non-hydrogen) atoms. The molecule has 0 aromatic carbocycles. The van der Waals surface area contributed by atoms with Gasteiger partial charge in [-0.25, -0.2) is 4.39 Å². The monoisotopic (exact) mass is 217 g/mol. The molecule has 4 heteroatoms. The molecule has 0 aromatic rings. The van der Waals surface area contributed by atoms with E-state index in [4.69, 9.17) is 9.47 Å². The molecular weight excluding hydrogens is 197 g/mol.